The van der Waals surface area contributed by atoms with Crippen LogP contribution < -0.4 is 5.73 Å². The molecule has 0 aliphatic heterocycles. The summed E-state index contributed by atoms with van der Waals surface area (Å²) in [5.74, 6) is 0.515. The van der Waals surface area contributed by atoms with Crippen LogP contribution in [0.15, 0.2) is 36.4 Å². The van der Waals surface area contributed by atoms with Gasteiger partial charge in [0.1, 0.15) is 5.82 Å². The fraction of sp³-hybridized carbons (Fsp3) is 0.167. The number of rotatable bonds is 1. The molecule has 3 nitrogen and oxygen atoms in total. The molecule has 0 aliphatic carbocycles. The van der Waals surface area contributed by atoms with E-state index in [1.54, 1.807) is 0 Å². The van der Waals surface area contributed by atoms with E-state index in [1.165, 1.54) is 5.56 Å². The van der Waals surface area contributed by atoms with Gasteiger partial charge in [-0.1, -0.05) is 35.9 Å². The molecule has 1 aromatic heterocycles. The maximum Gasteiger partial charge on any atom is 0.235 e. The Morgan fingerprint density at radius 3 is 2.29 bits per heavy atom. The molecule has 2 aromatic carbocycles. The molecule has 0 radical (unpaired) electrons. The number of aryl methyl sites for hydroxylation is 3. The van der Waals surface area contributed by atoms with Crippen LogP contribution in [0.1, 0.15) is 16.7 Å². The van der Waals surface area contributed by atoms with Gasteiger partial charge in [0, 0.05) is 10.9 Å². The highest BCUT2D eigenvalue weighted by Gasteiger charge is 2.18. The van der Waals surface area contributed by atoms with Gasteiger partial charge in [0.2, 0.25) is 5.69 Å². The van der Waals surface area contributed by atoms with Crippen LogP contribution in [0.2, 0.25) is 0 Å². The summed E-state index contributed by atoms with van der Waals surface area (Å²) in [4.78, 5) is 3.63. The zero-order valence-corrected chi connectivity index (χ0v) is 12.4. The van der Waals surface area contributed by atoms with Crippen molar-refractivity contribution >= 4 is 22.4 Å². The van der Waals surface area contributed by atoms with E-state index in [0.29, 0.717) is 11.5 Å². The number of aromatic nitrogens is 1. The van der Waals surface area contributed by atoms with Gasteiger partial charge in [0.15, 0.2) is 0 Å². The van der Waals surface area contributed by atoms with Crippen molar-refractivity contribution in [2.24, 2.45) is 0 Å². The second-order valence-electron chi connectivity index (χ2n) is 5.45. The summed E-state index contributed by atoms with van der Waals surface area (Å²) in [5.41, 5.74) is 12.4. The van der Waals surface area contributed by atoms with E-state index >= 15 is 0 Å². The van der Waals surface area contributed by atoms with E-state index in [9.17, 15) is 0 Å². The number of nitrogens with zero attached hydrogens (tertiary/aromatic N) is 2. The number of benzene rings is 2. The second kappa shape index (κ2) is 4.68. The van der Waals surface area contributed by atoms with Crippen LogP contribution >= 0.6 is 0 Å². The number of para-hydroxylation sites is 1. The molecule has 0 aliphatic rings. The van der Waals surface area contributed by atoms with Crippen molar-refractivity contribution < 1.29 is 0 Å². The summed E-state index contributed by atoms with van der Waals surface area (Å²) in [7, 11) is 0. The first-order chi connectivity index (χ1) is 10.0. The highest BCUT2D eigenvalue weighted by molar-refractivity contribution is 6.01. The van der Waals surface area contributed by atoms with Crippen molar-refractivity contribution in [2.45, 2.75) is 20.8 Å². The number of hydrogen-bond acceptors (Lipinski definition) is 1. The van der Waals surface area contributed by atoms with Gasteiger partial charge in [0.05, 0.1) is 12.3 Å². The Morgan fingerprint density at radius 1 is 1.05 bits per heavy atom. The maximum atomic E-state index is 7.42. The molecule has 0 saturated heterocycles. The summed E-state index contributed by atoms with van der Waals surface area (Å²) < 4.78 is 2.01. The summed E-state index contributed by atoms with van der Waals surface area (Å²) in [5, 5.41) is 0.907. The molecule has 0 atom stereocenters. The summed E-state index contributed by atoms with van der Waals surface area (Å²) >= 11 is 0. The first-order valence-electron chi connectivity index (χ1n) is 6.89. The highest BCUT2D eigenvalue weighted by Crippen LogP contribution is 2.39. The van der Waals surface area contributed by atoms with Crippen LogP contribution in [0.3, 0.4) is 0 Å². The second-order valence-corrected chi connectivity index (χ2v) is 5.45. The van der Waals surface area contributed by atoms with Crippen molar-refractivity contribution in [3.63, 3.8) is 0 Å². The predicted octanol–water partition coefficient (Wildman–Crippen LogP) is 4.69. The minimum absolute atomic E-state index is 0.515. The van der Waals surface area contributed by atoms with Crippen molar-refractivity contribution in [3.05, 3.63) is 64.5 Å². The van der Waals surface area contributed by atoms with Crippen molar-refractivity contribution in [1.82, 2.24) is 4.57 Å². The summed E-state index contributed by atoms with van der Waals surface area (Å²) in [6.45, 7) is 13.7. The SMILES string of the molecule is [C-]#[N+]c1c(N)n(-c2c(C)cc(C)cc2C)c2ccccc12. The smallest absolute Gasteiger partial charge is 0.235 e. The number of hydrogen-bond donors (Lipinski definition) is 1. The largest absolute Gasteiger partial charge is 0.394 e. The van der Waals surface area contributed by atoms with E-state index in [2.05, 4.69) is 37.7 Å². The van der Waals surface area contributed by atoms with Crippen LogP contribution in [-0.2, 0) is 0 Å². The molecule has 2 N–H and O–H groups in total. The van der Waals surface area contributed by atoms with Crippen molar-refractivity contribution in [2.75, 3.05) is 5.73 Å². The minimum atomic E-state index is 0.515. The lowest BCUT2D eigenvalue weighted by molar-refractivity contribution is 1.09. The average Bonchev–Trinajstić information content (AvgIpc) is 2.70. The standard InChI is InChI=1S/C18H17N3/c1-11-9-12(2)17(13(3)10-11)21-15-8-6-5-7-14(15)16(20-4)18(21)19/h5-10H,19H2,1-3H3. The monoisotopic (exact) mass is 275 g/mol. The van der Waals surface area contributed by atoms with Gasteiger partial charge in [-0.05, 0) is 38.0 Å². The van der Waals surface area contributed by atoms with Gasteiger partial charge in [-0.3, -0.25) is 0 Å². The summed E-state index contributed by atoms with van der Waals surface area (Å²) in [6.07, 6.45) is 0. The normalized spacial score (nSPS) is 10.8. The van der Waals surface area contributed by atoms with E-state index in [0.717, 1.165) is 27.7 Å². The molecule has 0 saturated carbocycles. The van der Waals surface area contributed by atoms with Gasteiger partial charge < -0.3 is 10.3 Å². The van der Waals surface area contributed by atoms with Crippen molar-refractivity contribution in [1.29, 1.82) is 0 Å². The zero-order chi connectivity index (χ0) is 15.1. The fourth-order valence-electron chi connectivity index (χ4n) is 3.13. The van der Waals surface area contributed by atoms with E-state index in [-0.39, 0.29) is 0 Å². The maximum absolute atomic E-state index is 7.42. The molecular formula is C18H17N3. The molecule has 0 unspecified atom stereocenters. The molecule has 0 fully saturated rings. The van der Waals surface area contributed by atoms with Crippen LogP contribution in [0.4, 0.5) is 11.5 Å². The Bertz CT molecular complexity index is 872. The summed E-state index contributed by atoms with van der Waals surface area (Å²) in [6, 6.07) is 12.2. The Labute approximate surface area is 124 Å². The lowest BCUT2D eigenvalue weighted by atomic mass is 10.0. The number of nitrogen functional groups attached to an aromatic ring is 1. The predicted molar refractivity (Wildman–Crippen MR) is 88.2 cm³/mol. The van der Waals surface area contributed by atoms with Gasteiger partial charge in [0.25, 0.3) is 0 Å². The quantitative estimate of drug-likeness (QED) is 0.642. The number of nitrogens with two attached hydrogens (primary N) is 1. The topological polar surface area (TPSA) is 35.3 Å². The van der Waals surface area contributed by atoms with Gasteiger partial charge in [-0.15, -0.1) is 0 Å². The van der Waals surface area contributed by atoms with Crippen LogP contribution in [0.25, 0.3) is 21.4 Å². The van der Waals surface area contributed by atoms with Gasteiger partial charge in [-0.25, -0.2) is 4.85 Å². The first kappa shape index (κ1) is 13.3. The van der Waals surface area contributed by atoms with Crippen molar-refractivity contribution in [3.8, 4) is 5.69 Å². The highest BCUT2D eigenvalue weighted by atomic mass is 15.1. The first-order valence-corrected chi connectivity index (χ1v) is 6.89. The number of anilines is 1. The van der Waals surface area contributed by atoms with E-state index in [1.807, 2.05) is 28.8 Å². The third kappa shape index (κ3) is 1.88. The molecule has 21 heavy (non-hydrogen) atoms. The minimum Gasteiger partial charge on any atom is -0.394 e. The molecule has 104 valence electrons. The van der Waals surface area contributed by atoms with Crippen LogP contribution in [0, 0.1) is 27.3 Å². The molecule has 0 spiro atoms. The number of fused-ring (bicyclic) bond motifs is 1. The fourth-order valence-corrected chi connectivity index (χ4v) is 3.13. The van der Waals surface area contributed by atoms with Crippen LogP contribution in [0.5, 0.6) is 0 Å². The van der Waals surface area contributed by atoms with E-state index < -0.39 is 0 Å². The molecule has 1 heterocycles. The molecule has 3 rings (SSSR count). The third-order valence-corrected chi connectivity index (χ3v) is 3.85. The van der Waals surface area contributed by atoms with E-state index in [4.69, 9.17) is 12.3 Å². The van der Waals surface area contributed by atoms with Crippen LogP contribution in [-0.4, -0.2) is 4.57 Å². The molecule has 0 amide bonds. The Kier molecular flexibility index (Phi) is 2.95. The molecule has 0 bridgehead atoms. The lowest BCUT2D eigenvalue weighted by Gasteiger charge is -2.16. The van der Waals surface area contributed by atoms with Gasteiger partial charge in [-0.2, -0.15) is 0 Å². The molecule has 3 heteroatoms. The zero-order valence-electron chi connectivity index (χ0n) is 12.4. The molecule has 3 aromatic rings. The molecular weight excluding hydrogens is 258 g/mol. The third-order valence-electron chi connectivity index (χ3n) is 3.85. The average molecular weight is 275 g/mol. The lowest BCUT2D eigenvalue weighted by Crippen LogP contribution is -2.04. The Balaban J connectivity index is 2.48. The Hall–Kier alpha value is -2.73. The van der Waals surface area contributed by atoms with Gasteiger partial charge >= 0.3 is 0 Å². The Morgan fingerprint density at radius 2 is 1.67 bits per heavy atom.